The number of hydrogen-bond donors (Lipinski definition) is 0. The van der Waals surface area contributed by atoms with Gasteiger partial charge in [0.15, 0.2) is 0 Å². The van der Waals surface area contributed by atoms with Crippen LogP contribution in [0.2, 0.25) is 0 Å². The van der Waals surface area contributed by atoms with Gasteiger partial charge in [-0.1, -0.05) is 111 Å². The van der Waals surface area contributed by atoms with E-state index in [4.69, 9.17) is 9.97 Å². The molecule has 41 heavy (non-hydrogen) atoms. The smallest absolute Gasteiger partial charge is 0.235 e. The fourth-order valence-electron chi connectivity index (χ4n) is 6.98. The third-order valence-electron chi connectivity index (χ3n) is 8.80. The summed E-state index contributed by atoms with van der Waals surface area (Å²) in [4.78, 5) is 10.9. The Morgan fingerprint density at radius 1 is 0.610 bits per heavy atom. The molecule has 9 rings (SSSR count). The molecule has 1 aliphatic rings. The van der Waals surface area contributed by atoms with Gasteiger partial charge in [0.25, 0.3) is 0 Å². The Balaban J connectivity index is 1.49. The first-order valence-electron chi connectivity index (χ1n) is 14.0. The maximum Gasteiger partial charge on any atom is 0.235 e. The fourth-order valence-corrected chi connectivity index (χ4v) is 8.09. The highest BCUT2D eigenvalue weighted by Crippen LogP contribution is 2.51. The molecule has 0 amide bonds. The van der Waals surface area contributed by atoms with Crippen LogP contribution >= 0.6 is 11.3 Å². The Kier molecular flexibility index (Phi) is 4.55. The number of fused-ring (bicyclic) bond motifs is 10. The fraction of sp³-hybridized carbons (Fsp3) is 0.0811. The molecule has 1 aliphatic carbocycles. The lowest BCUT2D eigenvalue weighted by Gasteiger charge is -2.24. The summed E-state index contributed by atoms with van der Waals surface area (Å²) in [6.45, 7) is 4.60. The summed E-state index contributed by atoms with van der Waals surface area (Å²) in [5.41, 5.74) is 8.91. The molecule has 0 atom stereocenters. The van der Waals surface area contributed by atoms with Gasteiger partial charge in [0, 0.05) is 53.1 Å². The van der Waals surface area contributed by atoms with Crippen LogP contribution in [0, 0.1) is 0 Å². The van der Waals surface area contributed by atoms with Crippen molar-refractivity contribution in [2.75, 3.05) is 0 Å². The van der Waals surface area contributed by atoms with E-state index in [0.717, 1.165) is 22.5 Å². The molecule has 0 saturated carbocycles. The lowest BCUT2D eigenvalue weighted by atomic mass is 9.81. The zero-order valence-corrected chi connectivity index (χ0v) is 23.5. The van der Waals surface area contributed by atoms with Crippen LogP contribution in [-0.4, -0.2) is 14.5 Å². The van der Waals surface area contributed by atoms with Crippen molar-refractivity contribution in [1.29, 1.82) is 0 Å². The van der Waals surface area contributed by atoms with Crippen LogP contribution in [0.4, 0.5) is 0 Å². The van der Waals surface area contributed by atoms with E-state index in [1.807, 2.05) is 11.3 Å². The largest absolute Gasteiger partial charge is 0.277 e. The van der Waals surface area contributed by atoms with Gasteiger partial charge in [-0.2, -0.15) is 0 Å². The van der Waals surface area contributed by atoms with E-state index >= 15 is 0 Å². The first kappa shape index (κ1) is 23.0. The normalized spacial score (nSPS) is 13.8. The van der Waals surface area contributed by atoms with E-state index in [1.54, 1.807) is 0 Å². The molecule has 8 aromatic rings. The van der Waals surface area contributed by atoms with E-state index < -0.39 is 0 Å². The van der Waals surface area contributed by atoms with E-state index in [1.165, 1.54) is 53.2 Å². The summed E-state index contributed by atoms with van der Waals surface area (Å²) in [5, 5.41) is 4.98. The second kappa shape index (κ2) is 8.12. The summed E-state index contributed by atoms with van der Waals surface area (Å²) in [5.74, 6) is 0.712. The number of rotatable bonds is 2. The van der Waals surface area contributed by atoms with E-state index in [9.17, 15) is 0 Å². The summed E-state index contributed by atoms with van der Waals surface area (Å²) >= 11 is 1.85. The van der Waals surface area contributed by atoms with Crippen molar-refractivity contribution in [2.24, 2.45) is 0 Å². The first-order chi connectivity index (χ1) is 20.1. The number of aromatic nitrogens is 3. The molecule has 5 aromatic carbocycles. The topological polar surface area (TPSA) is 30.7 Å². The van der Waals surface area contributed by atoms with Crippen LogP contribution in [-0.2, 0) is 5.41 Å². The zero-order chi connectivity index (χ0) is 27.3. The Hall–Kier alpha value is -4.80. The molecule has 0 N–H and O–H groups in total. The highest BCUT2D eigenvalue weighted by Gasteiger charge is 2.40. The van der Waals surface area contributed by atoms with Gasteiger partial charge in [0.2, 0.25) is 5.95 Å². The number of benzene rings is 5. The van der Waals surface area contributed by atoms with Crippen LogP contribution in [0.3, 0.4) is 0 Å². The van der Waals surface area contributed by atoms with Crippen LogP contribution in [0.1, 0.15) is 25.0 Å². The average Bonchev–Trinajstić information content (AvgIpc) is 3.63. The number of thiophene rings is 1. The van der Waals surface area contributed by atoms with Gasteiger partial charge in [-0.25, -0.2) is 9.97 Å². The molecule has 3 nitrogen and oxygen atoms in total. The van der Waals surface area contributed by atoms with Gasteiger partial charge >= 0.3 is 0 Å². The van der Waals surface area contributed by atoms with Gasteiger partial charge < -0.3 is 0 Å². The first-order valence-corrected chi connectivity index (χ1v) is 14.8. The summed E-state index contributed by atoms with van der Waals surface area (Å²) in [6, 6.07) is 41.2. The lowest BCUT2D eigenvalue weighted by Crippen LogP contribution is -2.18. The molecule has 0 fully saturated rings. The zero-order valence-electron chi connectivity index (χ0n) is 22.7. The summed E-state index contributed by atoms with van der Waals surface area (Å²) < 4.78 is 4.88. The molecule has 0 aliphatic heterocycles. The quantitative estimate of drug-likeness (QED) is 0.217. The molecule has 194 valence electrons. The van der Waals surface area contributed by atoms with Crippen molar-refractivity contribution in [3.05, 3.63) is 126 Å². The minimum atomic E-state index is -0.215. The minimum Gasteiger partial charge on any atom is -0.277 e. The predicted octanol–water partition coefficient (Wildman–Crippen LogP) is 9.91. The number of nitrogens with zero attached hydrogens (tertiary/aromatic N) is 3. The monoisotopic (exact) mass is 543 g/mol. The number of para-hydroxylation sites is 1. The Bertz CT molecular complexity index is 2340. The third-order valence-corrected chi connectivity index (χ3v) is 9.94. The standard InChI is InChI=1S/C37H25N3S/c1-37(2)27-17-9-6-15-25(27)34-32(37)33(22-12-4-3-5-13-22)38-36(39-34)40-28-18-10-7-14-23(28)24-20-21-30-31(35(24)40)26-16-8-11-19-29(26)41-30/h3-21H,1-2H3. The lowest BCUT2D eigenvalue weighted by molar-refractivity contribution is 0.657. The van der Waals surface area contributed by atoms with Crippen LogP contribution < -0.4 is 0 Å². The van der Waals surface area contributed by atoms with Gasteiger partial charge in [0.05, 0.1) is 22.4 Å². The molecular formula is C37H25N3S. The highest BCUT2D eigenvalue weighted by molar-refractivity contribution is 7.26. The number of hydrogen-bond acceptors (Lipinski definition) is 3. The van der Waals surface area contributed by atoms with E-state index in [2.05, 4.69) is 134 Å². The van der Waals surface area contributed by atoms with Crippen LogP contribution in [0.25, 0.3) is 70.4 Å². The van der Waals surface area contributed by atoms with Crippen molar-refractivity contribution < 1.29 is 0 Å². The maximum absolute atomic E-state index is 5.46. The SMILES string of the molecule is CC1(C)c2ccccc2-c2nc(-n3c4ccccc4c4ccc5sc6ccccc6c5c43)nc(-c3ccccc3)c21. The van der Waals surface area contributed by atoms with Crippen LogP contribution in [0.15, 0.2) is 115 Å². The van der Waals surface area contributed by atoms with E-state index in [0.29, 0.717) is 5.95 Å². The van der Waals surface area contributed by atoms with Gasteiger partial charge in [-0.15, -0.1) is 11.3 Å². The van der Waals surface area contributed by atoms with Gasteiger partial charge in [-0.05, 0) is 23.8 Å². The van der Waals surface area contributed by atoms with Gasteiger partial charge in [0.1, 0.15) is 0 Å². The predicted molar refractivity (Wildman–Crippen MR) is 172 cm³/mol. The van der Waals surface area contributed by atoms with Crippen LogP contribution in [0.5, 0.6) is 0 Å². The molecule has 0 spiro atoms. The molecule has 3 heterocycles. The molecule has 0 unspecified atom stereocenters. The molecule has 0 bridgehead atoms. The molecular weight excluding hydrogens is 518 g/mol. The maximum atomic E-state index is 5.46. The molecule has 0 radical (unpaired) electrons. The van der Waals surface area contributed by atoms with Crippen molar-refractivity contribution in [3.8, 4) is 28.5 Å². The molecule has 0 saturated heterocycles. The second-order valence-corrected chi connectivity index (χ2v) is 12.5. The van der Waals surface area contributed by atoms with Crippen molar-refractivity contribution in [2.45, 2.75) is 19.3 Å². The Labute approximate surface area is 241 Å². The van der Waals surface area contributed by atoms with Crippen molar-refractivity contribution in [3.63, 3.8) is 0 Å². The summed E-state index contributed by atoms with van der Waals surface area (Å²) in [7, 11) is 0. The van der Waals surface area contributed by atoms with Gasteiger partial charge in [-0.3, -0.25) is 4.57 Å². The minimum absolute atomic E-state index is 0.215. The van der Waals surface area contributed by atoms with Crippen molar-refractivity contribution >= 4 is 53.3 Å². The molecule has 3 aromatic heterocycles. The summed E-state index contributed by atoms with van der Waals surface area (Å²) in [6.07, 6.45) is 0. The second-order valence-electron chi connectivity index (χ2n) is 11.4. The Morgan fingerprint density at radius 2 is 1.32 bits per heavy atom. The van der Waals surface area contributed by atoms with Crippen molar-refractivity contribution in [1.82, 2.24) is 14.5 Å². The average molecular weight is 544 g/mol. The highest BCUT2D eigenvalue weighted by atomic mass is 32.1. The third kappa shape index (κ3) is 3.03. The Morgan fingerprint density at radius 3 is 2.20 bits per heavy atom. The van der Waals surface area contributed by atoms with E-state index in [-0.39, 0.29) is 5.41 Å². The molecule has 4 heteroatoms.